The van der Waals surface area contributed by atoms with Crippen LogP contribution < -0.4 is 5.43 Å². The number of rotatable bonds is 5. The summed E-state index contributed by atoms with van der Waals surface area (Å²) in [5, 5.41) is 12.7. The van der Waals surface area contributed by atoms with Crippen molar-refractivity contribution in [3.8, 4) is 0 Å². The zero-order valence-electron chi connectivity index (χ0n) is 10.6. The van der Waals surface area contributed by atoms with Crippen molar-refractivity contribution >= 4 is 11.4 Å². The number of hydrogen-bond donors (Lipinski definition) is 1. The molecule has 0 aliphatic rings. The van der Waals surface area contributed by atoms with Crippen molar-refractivity contribution in [1.82, 2.24) is 5.01 Å². The first kappa shape index (κ1) is 13.0. The fraction of sp³-hybridized carbons (Fsp3) is 0.143. The van der Waals surface area contributed by atoms with Crippen molar-refractivity contribution in [3.63, 3.8) is 0 Å². The van der Waals surface area contributed by atoms with Gasteiger partial charge in [-0.1, -0.05) is 36.4 Å². The van der Waals surface area contributed by atoms with Gasteiger partial charge >= 0.3 is 0 Å². The lowest BCUT2D eigenvalue weighted by Gasteiger charge is -2.19. The molecule has 0 spiro atoms. The molecule has 0 amide bonds. The van der Waals surface area contributed by atoms with Crippen LogP contribution in [-0.2, 0) is 6.54 Å². The van der Waals surface area contributed by atoms with Crippen LogP contribution >= 0.6 is 0 Å². The van der Waals surface area contributed by atoms with Gasteiger partial charge in [-0.15, -0.1) is 0 Å². The number of benzene rings is 2. The maximum atomic E-state index is 10.9. The number of hydrazine groups is 1. The second-order valence-electron chi connectivity index (χ2n) is 4.22. The summed E-state index contributed by atoms with van der Waals surface area (Å²) < 4.78 is 0. The van der Waals surface area contributed by atoms with E-state index in [9.17, 15) is 10.1 Å². The Labute approximate surface area is 111 Å². The second kappa shape index (κ2) is 5.97. The number of nitrogens with zero attached hydrogens (tertiary/aromatic N) is 2. The Morgan fingerprint density at radius 3 is 2.42 bits per heavy atom. The zero-order chi connectivity index (χ0) is 13.7. The van der Waals surface area contributed by atoms with Crippen LogP contribution in [0, 0.1) is 10.1 Å². The molecule has 2 aromatic carbocycles. The number of hydrogen-bond acceptors (Lipinski definition) is 4. The van der Waals surface area contributed by atoms with Crippen LogP contribution in [0.5, 0.6) is 0 Å². The Morgan fingerprint density at radius 1 is 1.11 bits per heavy atom. The molecule has 0 heterocycles. The van der Waals surface area contributed by atoms with E-state index in [1.165, 1.54) is 6.07 Å². The summed E-state index contributed by atoms with van der Waals surface area (Å²) in [4.78, 5) is 10.6. The summed E-state index contributed by atoms with van der Waals surface area (Å²) in [6, 6.07) is 16.4. The van der Waals surface area contributed by atoms with E-state index >= 15 is 0 Å². The lowest BCUT2D eigenvalue weighted by atomic mass is 10.2. The highest BCUT2D eigenvalue weighted by atomic mass is 16.6. The second-order valence-corrected chi connectivity index (χ2v) is 4.22. The molecule has 2 rings (SSSR count). The van der Waals surface area contributed by atoms with Gasteiger partial charge in [-0.3, -0.25) is 10.1 Å². The molecular weight excluding hydrogens is 242 g/mol. The quantitative estimate of drug-likeness (QED) is 0.660. The van der Waals surface area contributed by atoms with Crippen molar-refractivity contribution in [2.75, 3.05) is 12.5 Å². The molecule has 2 aromatic rings. The summed E-state index contributed by atoms with van der Waals surface area (Å²) in [6.45, 7) is 0.450. The maximum Gasteiger partial charge on any atom is 0.273 e. The number of nitro benzene ring substituents is 1. The fourth-order valence-corrected chi connectivity index (χ4v) is 1.85. The summed E-state index contributed by atoms with van der Waals surface area (Å²) in [5.41, 5.74) is 4.94. The molecule has 5 nitrogen and oxygen atoms in total. The van der Waals surface area contributed by atoms with Gasteiger partial charge in [-0.05, 0) is 12.1 Å². The van der Waals surface area contributed by atoms with Gasteiger partial charge in [0.15, 0.2) is 0 Å². The van der Waals surface area contributed by atoms with E-state index in [-0.39, 0.29) is 10.6 Å². The highest BCUT2D eigenvalue weighted by molar-refractivity contribution is 5.43. The molecule has 0 fully saturated rings. The van der Waals surface area contributed by atoms with E-state index < -0.39 is 0 Å². The minimum absolute atomic E-state index is 0.143. The molecule has 1 N–H and O–H groups in total. The number of nitrogens with one attached hydrogen (secondary N) is 1. The van der Waals surface area contributed by atoms with Crippen molar-refractivity contribution in [3.05, 3.63) is 70.3 Å². The summed E-state index contributed by atoms with van der Waals surface area (Å²) >= 11 is 0. The number of anilines is 1. The highest BCUT2D eigenvalue weighted by Gasteiger charge is 2.13. The Hall–Kier alpha value is -2.40. The molecule has 0 saturated heterocycles. The maximum absolute atomic E-state index is 10.9. The van der Waals surface area contributed by atoms with Crippen molar-refractivity contribution in [2.24, 2.45) is 0 Å². The Balaban J connectivity index is 2.07. The molecule has 0 saturated carbocycles. The minimum atomic E-state index is -0.355. The van der Waals surface area contributed by atoms with Gasteiger partial charge in [0.2, 0.25) is 0 Å². The van der Waals surface area contributed by atoms with Gasteiger partial charge in [0.05, 0.1) is 4.92 Å². The fourth-order valence-electron chi connectivity index (χ4n) is 1.85. The third-order valence-electron chi connectivity index (χ3n) is 2.69. The van der Waals surface area contributed by atoms with Crippen molar-refractivity contribution in [2.45, 2.75) is 6.54 Å². The molecule has 19 heavy (non-hydrogen) atoms. The van der Waals surface area contributed by atoms with Gasteiger partial charge in [-0.25, -0.2) is 5.01 Å². The van der Waals surface area contributed by atoms with Gasteiger partial charge in [0, 0.05) is 30.9 Å². The first-order valence-corrected chi connectivity index (χ1v) is 5.92. The van der Waals surface area contributed by atoms with Gasteiger partial charge in [-0.2, -0.15) is 0 Å². The lowest BCUT2D eigenvalue weighted by Crippen LogP contribution is -2.25. The SMILES string of the molecule is CN(Cc1ccccc1[N+](=O)[O-])Nc1ccccc1. The van der Waals surface area contributed by atoms with Crippen LogP contribution in [0.25, 0.3) is 0 Å². The Morgan fingerprint density at radius 2 is 1.74 bits per heavy atom. The minimum Gasteiger partial charge on any atom is -0.319 e. The van der Waals surface area contributed by atoms with Crippen molar-refractivity contribution < 1.29 is 4.92 Å². The predicted molar refractivity (Wildman–Crippen MR) is 74.6 cm³/mol. The molecule has 98 valence electrons. The van der Waals surface area contributed by atoms with E-state index in [0.717, 1.165) is 5.69 Å². The molecule has 5 heteroatoms. The van der Waals surface area contributed by atoms with Gasteiger partial charge in [0.1, 0.15) is 0 Å². The summed E-state index contributed by atoms with van der Waals surface area (Å²) in [6.07, 6.45) is 0. The standard InChI is InChI=1S/C14H15N3O2/c1-16(15-13-8-3-2-4-9-13)11-12-7-5-6-10-14(12)17(18)19/h2-10,15H,11H2,1H3. The van der Waals surface area contributed by atoms with Crippen LogP contribution in [0.4, 0.5) is 11.4 Å². The molecule has 0 bridgehead atoms. The summed E-state index contributed by atoms with van der Waals surface area (Å²) in [5.74, 6) is 0. The molecule has 0 radical (unpaired) electrons. The van der Waals surface area contributed by atoms with Crippen molar-refractivity contribution in [1.29, 1.82) is 0 Å². The lowest BCUT2D eigenvalue weighted by molar-refractivity contribution is -0.385. The molecule has 0 atom stereocenters. The highest BCUT2D eigenvalue weighted by Crippen LogP contribution is 2.19. The number of para-hydroxylation sites is 2. The topological polar surface area (TPSA) is 58.4 Å². The van der Waals surface area contributed by atoms with Gasteiger partial charge < -0.3 is 5.43 Å². The van der Waals surface area contributed by atoms with Gasteiger partial charge in [0.25, 0.3) is 5.69 Å². The average molecular weight is 257 g/mol. The Kier molecular flexibility index (Phi) is 4.10. The van der Waals surface area contributed by atoms with Crippen LogP contribution in [0.2, 0.25) is 0 Å². The monoisotopic (exact) mass is 257 g/mol. The third-order valence-corrected chi connectivity index (χ3v) is 2.69. The smallest absolute Gasteiger partial charge is 0.273 e. The molecule has 0 unspecified atom stereocenters. The van der Waals surface area contributed by atoms with E-state index in [2.05, 4.69) is 5.43 Å². The normalized spacial score (nSPS) is 10.4. The van der Waals surface area contributed by atoms with E-state index in [1.807, 2.05) is 42.4 Å². The largest absolute Gasteiger partial charge is 0.319 e. The predicted octanol–water partition coefficient (Wildman–Crippen LogP) is 3.05. The molecular formula is C14H15N3O2. The summed E-state index contributed by atoms with van der Waals surface area (Å²) in [7, 11) is 1.85. The molecule has 0 aliphatic heterocycles. The van der Waals surface area contributed by atoms with Crippen LogP contribution in [0.15, 0.2) is 54.6 Å². The van der Waals surface area contributed by atoms with E-state index in [0.29, 0.717) is 12.1 Å². The van der Waals surface area contributed by atoms with E-state index in [1.54, 1.807) is 18.2 Å². The average Bonchev–Trinajstić information content (AvgIpc) is 2.40. The Bertz CT molecular complexity index is 558. The van der Waals surface area contributed by atoms with Crippen LogP contribution in [0.1, 0.15) is 5.56 Å². The zero-order valence-corrected chi connectivity index (χ0v) is 10.6. The molecule has 0 aliphatic carbocycles. The van der Waals surface area contributed by atoms with Crippen LogP contribution in [0.3, 0.4) is 0 Å². The number of nitro groups is 1. The first-order chi connectivity index (χ1) is 9.16. The first-order valence-electron chi connectivity index (χ1n) is 5.92. The molecule has 0 aromatic heterocycles. The van der Waals surface area contributed by atoms with E-state index in [4.69, 9.17) is 0 Å². The van der Waals surface area contributed by atoms with Crippen LogP contribution in [-0.4, -0.2) is 17.0 Å². The third kappa shape index (κ3) is 3.53.